The average molecular weight is 417 g/mol. The van der Waals surface area contributed by atoms with Gasteiger partial charge in [0.2, 0.25) is 11.9 Å². The number of rotatable bonds is 5. The van der Waals surface area contributed by atoms with Crippen molar-refractivity contribution in [2.45, 2.75) is 24.9 Å². The average Bonchev–Trinajstić information content (AvgIpc) is 3.45. The van der Waals surface area contributed by atoms with Crippen molar-refractivity contribution in [2.75, 3.05) is 18.9 Å². The molecule has 0 spiro atoms. The van der Waals surface area contributed by atoms with Crippen molar-refractivity contribution in [3.63, 3.8) is 0 Å². The third kappa shape index (κ3) is 4.12. The van der Waals surface area contributed by atoms with Crippen molar-refractivity contribution in [3.8, 4) is 0 Å². The van der Waals surface area contributed by atoms with E-state index in [0.717, 1.165) is 25.0 Å². The first-order chi connectivity index (χ1) is 14.2. The molecule has 156 valence electrons. The van der Waals surface area contributed by atoms with Gasteiger partial charge in [0.05, 0.1) is 12.1 Å². The van der Waals surface area contributed by atoms with Gasteiger partial charge in [-0.3, -0.25) is 14.9 Å². The molecule has 0 aliphatic heterocycles. The molecule has 0 radical (unpaired) electrons. The number of aromatic nitrogens is 3. The van der Waals surface area contributed by atoms with Gasteiger partial charge in [-0.25, -0.2) is 4.52 Å². The summed E-state index contributed by atoms with van der Waals surface area (Å²) in [5, 5.41) is 6.63. The smallest absolute Gasteiger partial charge is 0.332 e. The van der Waals surface area contributed by atoms with Crippen LogP contribution in [0.4, 0.5) is 19.1 Å². The molecule has 0 saturated heterocycles. The van der Waals surface area contributed by atoms with Gasteiger partial charge in [0, 0.05) is 18.8 Å². The molecule has 1 aromatic carbocycles. The van der Waals surface area contributed by atoms with E-state index in [2.05, 4.69) is 15.4 Å². The minimum absolute atomic E-state index is 0.0596. The van der Waals surface area contributed by atoms with Crippen LogP contribution < -0.4 is 5.32 Å². The van der Waals surface area contributed by atoms with Crippen molar-refractivity contribution < 1.29 is 22.8 Å². The van der Waals surface area contributed by atoms with E-state index in [4.69, 9.17) is 0 Å². The number of likely N-dealkylation sites (N-methyl/N-ethyl adjacent to an activating group) is 1. The molecule has 2 amide bonds. The zero-order valence-electron chi connectivity index (χ0n) is 16.0. The van der Waals surface area contributed by atoms with Crippen LogP contribution in [0, 0.1) is 0 Å². The predicted molar refractivity (Wildman–Crippen MR) is 102 cm³/mol. The molecule has 2 aromatic heterocycles. The number of halogens is 3. The Morgan fingerprint density at radius 1 is 1.23 bits per heavy atom. The van der Waals surface area contributed by atoms with Gasteiger partial charge in [-0.1, -0.05) is 6.07 Å². The van der Waals surface area contributed by atoms with Gasteiger partial charge in [-0.05, 0) is 54.7 Å². The van der Waals surface area contributed by atoms with E-state index in [1.54, 1.807) is 24.4 Å². The maximum atomic E-state index is 13.0. The minimum atomic E-state index is -4.47. The topological polar surface area (TPSA) is 79.6 Å². The van der Waals surface area contributed by atoms with Crippen LogP contribution in [0.1, 0.15) is 40.2 Å². The van der Waals surface area contributed by atoms with Gasteiger partial charge < -0.3 is 4.90 Å². The lowest BCUT2D eigenvalue weighted by Gasteiger charge is -2.19. The maximum absolute atomic E-state index is 13.0. The summed E-state index contributed by atoms with van der Waals surface area (Å²) < 4.78 is 40.6. The molecule has 0 unspecified atom stereocenters. The number of nitrogens with one attached hydrogen (secondary N) is 1. The fraction of sp³-hybridized carbons (Fsp3) is 0.300. The second-order valence-electron chi connectivity index (χ2n) is 7.22. The number of hydrogen-bond donors (Lipinski definition) is 1. The number of anilines is 1. The Labute approximate surface area is 169 Å². The van der Waals surface area contributed by atoms with E-state index in [0.29, 0.717) is 11.2 Å². The summed E-state index contributed by atoms with van der Waals surface area (Å²) in [6.07, 6.45) is -1.31. The second kappa shape index (κ2) is 7.43. The number of carbonyl (C=O) groups excluding carboxylic acids is 2. The van der Waals surface area contributed by atoms with Crippen LogP contribution in [-0.2, 0) is 11.0 Å². The molecular formula is C20H18F3N5O2. The van der Waals surface area contributed by atoms with Gasteiger partial charge in [-0.2, -0.15) is 18.2 Å². The molecule has 0 bridgehead atoms. The van der Waals surface area contributed by atoms with E-state index in [1.807, 2.05) is 0 Å². The highest BCUT2D eigenvalue weighted by Crippen LogP contribution is 2.43. The summed E-state index contributed by atoms with van der Waals surface area (Å²) in [7, 11) is 1.42. The molecule has 2 heterocycles. The van der Waals surface area contributed by atoms with E-state index >= 15 is 0 Å². The lowest BCUT2D eigenvalue weighted by atomic mass is 9.99. The fourth-order valence-electron chi connectivity index (χ4n) is 3.21. The summed E-state index contributed by atoms with van der Waals surface area (Å²) in [6.45, 7) is -0.292. The fourth-order valence-corrected chi connectivity index (χ4v) is 3.21. The van der Waals surface area contributed by atoms with Crippen LogP contribution in [-0.4, -0.2) is 44.9 Å². The number of fused-ring (bicyclic) bond motifs is 1. The van der Waals surface area contributed by atoms with Crippen molar-refractivity contribution in [3.05, 3.63) is 59.3 Å². The summed E-state index contributed by atoms with van der Waals surface area (Å²) in [5.41, 5.74) is 0.339. The Morgan fingerprint density at radius 3 is 2.67 bits per heavy atom. The van der Waals surface area contributed by atoms with Crippen LogP contribution >= 0.6 is 0 Å². The first-order valence-corrected chi connectivity index (χ1v) is 9.30. The minimum Gasteiger partial charge on any atom is -0.332 e. The molecule has 1 aliphatic carbocycles. The molecule has 30 heavy (non-hydrogen) atoms. The third-order valence-corrected chi connectivity index (χ3v) is 4.85. The molecule has 1 aliphatic rings. The lowest BCUT2D eigenvalue weighted by Crippen LogP contribution is -2.35. The van der Waals surface area contributed by atoms with Gasteiger partial charge in [0.25, 0.3) is 5.91 Å². The van der Waals surface area contributed by atoms with Crippen LogP contribution in [0.5, 0.6) is 0 Å². The number of amides is 2. The normalized spacial score (nSPS) is 14.0. The van der Waals surface area contributed by atoms with E-state index < -0.39 is 23.6 Å². The van der Waals surface area contributed by atoms with E-state index in [1.165, 1.54) is 22.5 Å². The summed E-state index contributed by atoms with van der Waals surface area (Å²) in [4.78, 5) is 30.4. The molecule has 1 N–H and O–H groups in total. The zero-order valence-corrected chi connectivity index (χ0v) is 16.0. The Bertz CT molecular complexity index is 1090. The molecule has 7 nitrogen and oxygen atoms in total. The third-order valence-electron chi connectivity index (χ3n) is 4.85. The highest BCUT2D eigenvalue weighted by molar-refractivity contribution is 6.00. The molecule has 3 aromatic rings. The molecular weight excluding hydrogens is 399 g/mol. The number of alkyl halides is 3. The maximum Gasteiger partial charge on any atom is 0.416 e. The van der Waals surface area contributed by atoms with Crippen LogP contribution in [0.15, 0.2) is 42.6 Å². The number of pyridine rings is 1. The number of benzene rings is 1. The number of carbonyl (C=O) groups is 2. The zero-order chi connectivity index (χ0) is 21.5. The van der Waals surface area contributed by atoms with Crippen LogP contribution in [0.25, 0.3) is 5.65 Å². The lowest BCUT2D eigenvalue weighted by molar-refractivity contribution is -0.137. The van der Waals surface area contributed by atoms with E-state index in [9.17, 15) is 22.8 Å². The standard InChI is InChI=1S/C20H18F3N5O2/c1-27(11-17(29)25-19-24-16-4-2-3-9-28(16)26-19)18(30)14-8-7-13(20(21,22)23)10-15(14)12-5-6-12/h2-4,7-10,12H,5-6,11H2,1H3,(H,25,26,29). The molecule has 0 atom stereocenters. The van der Waals surface area contributed by atoms with Crippen molar-refractivity contribution >= 4 is 23.4 Å². The predicted octanol–water partition coefficient (Wildman–Crippen LogP) is 3.34. The van der Waals surface area contributed by atoms with Crippen molar-refractivity contribution in [1.29, 1.82) is 0 Å². The Kier molecular flexibility index (Phi) is 4.92. The number of nitrogens with zero attached hydrogens (tertiary/aromatic N) is 4. The van der Waals surface area contributed by atoms with Gasteiger partial charge >= 0.3 is 6.18 Å². The Hall–Kier alpha value is -3.43. The van der Waals surface area contributed by atoms with Gasteiger partial charge in [0.15, 0.2) is 5.65 Å². The summed E-state index contributed by atoms with van der Waals surface area (Å²) in [6, 6.07) is 8.40. The summed E-state index contributed by atoms with van der Waals surface area (Å²) in [5.74, 6) is -0.985. The largest absolute Gasteiger partial charge is 0.416 e. The quantitative estimate of drug-likeness (QED) is 0.691. The molecule has 10 heteroatoms. The van der Waals surface area contributed by atoms with Crippen LogP contribution in [0.3, 0.4) is 0 Å². The van der Waals surface area contributed by atoms with Crippen molar-refractivity contribution in [1.82, 2.24) is 19.5 Å². The van der Waals surface area contributed by atoms with Crippen LogP contribution in [0.2, 0.25) is 0 Å². The first-order valence-electron chi connectivity index (χ1n) is 9.30. The highest BCUT2D eigenvalue weighted by atomic mass is 19.4. The first kappa shape index (κ1) is 19.9. The molecule has 4 rings (SSSR count). The van der Waals surface area contributed by atoms with Crippen molar-refractivity contribution in [2.24, 2.45) is 0 Å². The summed E-state index contributed by atoms with van der Waals surface area (Å²) >= 11 is 0. The van der Waals surface area contributed by atoms with Gasteiger partial charge in [0.1, 0.15) is 0 Å². The Morgan fingerprint density at radius 2 is 2.00 bits per heavy atom. The highest BCUT2D eigenvalue weighted by Gasteiger charge is 2.35. The van der Waals surface area contributed by atoms with Gasteiger partial charge in [-0.15, -0.1) is 5.10 Å². The second-order valence-corrected chi connectivity index (χ2v) is 7.22. The SMILES string of the molecule is CN(CC(=O)Nc1nc2ccccn2n1)C(=O)c1ccc(C(F)(F)F)cc1C1CC1. The molecule has 1 saturated carbocycles. The van der Waals surface area contributed by atoms with E-state index in [-0.39, 0.29) is 24.0 Å². The Balaban J connectivity index is 1.47. The number of hydrogen-bond acceptors (Lipinski definition) is 4. The monoisotopic (exact) mass is 417 g/mol. The molecule has 1 fully saturated rings.